The van der Waals surface area contributed by atoms with Gasteiger partial charge in [-0.05, 0) is 57.8 Å². The Morgan fingerprint density at radius 1 is 1.00 bits per heavy atom. The molecule has 0 saturated carbocycles. The molecule has 25 heavy (non-hydrogen) atoms. The van der Waals surface area contributed by atoms with Gasteiger partial charge in [-0.3, -0.25) is 0 Å². The van der Waals surface area contributed by atoms with E-state index >= 15 is 0 Å². The Hall–Kier alpha value is -0.749. The minimum atomic E-state index is -2.20. The standard InChI is InChI=1S/C16H34O6Si3/c1-9-14(12-13-20-16(19)11-10-15(17)18)24(5,6)22-25(7,8)21-23(2,3)4/h10-11,14H,9,12-13H2,1-8H3,(H,17,18). The molecule has 0 bridgehead atoms. The molecule has 146 valence electrons. The Kier molecular flexibility index (Phi) is 9.52. The first-order valence-corrected chi connectivity index (χ1v) is 17.9. The van der Waals surface area contributed by atoms with E-state index in [2.05, 4.69) is 52.8 Å². The SMILES string of the molecule is CCC(CCOC(=O)C=CC(=O)O)[Si](C)(C)O[Si](C)(C)O[Si](C)(C)C. The summed E-state index contributed by atoms with van der Waals surface area (Å²) >= 11 is 0. The van der Waals surface area contributed by atoms with Gasteiger partial charge in [-0.2, -0.15) is 0 Å². The van der Waals surface area contributed by atoms with Crippen molar-refractivity contribution in [2.75, 3.05) is 6.61 Å². The lowest BCUT2D eigenvalue weighted by Crippen LogP contribution is -2.53. The molecule has 0 heterocycles. The Labute approximate surface area is 155 Å². The minimum Gasteiger partial charge on any atom is -0.478 e. The van der Waals surface area contributed by atoms with Crippen LogP contribution in [0.4, 0.5) is 0 Å². The monoisotopic (exact) mass is 406 g/mol. The van der Waals surface area contributed by atoms with Gasteiger partial charge in [0.15, 0.2) is 16.6 Å². The van der Waals surface area contributed by atoms with Gasteiger partial charge in [-0.25, -0.2) is 9.59 Å². The van der Waals surface area contributed by atoms with Crippen molar-refractivity contribution in [1.29, 1.82) is 0 Å². The predicted molar refractivity (Wildman–Crippen MR) is 107 cm³/mol. The second-order valence-electron chi connectivity index (χ2n) is 8.05. The topological polar surface area (TPSA) is 82.1 Å². The number of aliphatic carboxylic acids is 1. The number of carbonyl (C=O) groups is 2. The molecule has 0 aromatic carbocycles. The first kappa shape index (κ1) is 24.3. The maximum atomic E-state index is 11.5. The summed E-state index contributed by atoms with van der Waals surface area (Å²) in [5, 5.41) is 8.50. The molecule has 0 aromatic rings. The molecule has 1 N–H and O–H groups in total. The van der Waals surface area contributed by atoms with Gasteiger partial charge in [-0.15, -0.1) is 0 Å². The van der Waals surface area contributed by atoms with Crippen LogP contribution in [0.5, 0.6) is 0 Å². The van der Waals surface area contributed by atoms with E-state index in [0.29, 0.717) is 12.0 Å². The zero-order valence-electron chi connectivity index (χ0n) is 16.8. The van der Waals surface area contributed by atoms with E-state index in [-0.39, 0.29) is 6.61 Å². The molecule has 6 nitrogen and oxygen atoms in total. The molecule has 0 fully saturated rings. The minimum absolute atomic E-state index is 0.262. The third kappa shape index (κ3) is 11.5. The molecule has 0 saturated heterocycles. The maximum Gasteiger partial charge on any atom is 0.331 e. The lowest BCUT2D eigenvalue weighted by atomic mass is 10.2. The Morgan fingerprint density at radius 2 is 1.56 bits per heavy atom. The number of esters is 1. The predicted octanol–water partition coefficient (Wildman–Crippen LogP) is 4.12. The number of ether oxygens (including phenoxy) is 1. The molecule has 0 aliphatic carbocycles. The summed E-state index contributed by atoms with van der Waals surface area (Å²) in [4.78, 5) is 21.8. The summed E-state index contributed by atoms with van der Waals surface area (Å²) in [6.45, 7) is 17.5. The summed E-state index contributed by atoms with van der Waals surface area (Å²) in [5.74, 6) is -1.80. The van der Waals surface area contributed by atoms with Crippen molar-refractivity contribution < 1.29 is 27.7 Å². The van der Waals surface area contributed by atoms with Crippen LogP contribution < -0.4 is 0 Å². The molecular formula is C16H34O6Si3. The fraction of sp³-hybridized carbons (Fsp3) is 0.750. The highest BCUT2D eigenvalue weighted by Gasteiger charge is 2.41. The van der Waals surface area contributed by atoms with Gasteiger partial charge in [0, 0.05) is 12.2 Å². The maximum absolute atomic E-state index is 11.5. The summed E-state index contributed by atoms with van der Waals surface area (Å²) in [6, 6.07) is 0. The number of carboxylic acids is 1. The largest absolute Gasteiger partial charge is 0.478 e. The van der Waals surface area contributed by atoms with Crippen molar-refractivity contribution in [3.8, 4) is 0 Å². The second-order valence-corrected chi connectivity index (χ2v) is 20.7. The average molecular weight is 407 g/mol. The van der Waals surface area contributed by atoms with Crippen molar-refractivity contribution in [3.05, 3.63) is 12.2 Å². The van der Waals surface area contributed by atoms with Gasteiger partial charge in [0.25, 0.3) is 0 Å². The van der Waals surface area contributed by atoms with Crippen LogP contribution in [-0.2, 0) is 22.6 Å². The van der Waals surface area contributed by atoms with E-state index in [1.54, 1.807) is 0 Å². The van der Waals surface area contributed by atoms with E-state index in [1.807, 2.05) is 0 Å². The fourth-order valence-corrected chi connectivity index (χ4v) is 17.0. The quantitative estimate of drug-likeness (QED) is 0.316. The lowest BCUT2D eigenvalue weighted by molar-refractivity contribution is -0.138. The highest BCUT2D eigenvalue weighted by atomic mass is 28.5. The molecule has 9 heteroatoms. The van der Waals surface area contributed by atoms with Crippen LogP contribution in [0.2, 0.25) is 51.4 Å². The Balaban J connectivity index is 4.69. The Bertz CT molecular complexity index is 483. The van der Waals surface area contributed by atoms with Gasteiger partial charge in [-0.1, -0.05) is 13.3 Å². The first-order chi connectivity index (χ1) is 11.2. The summed E-state index contributed by atoms with van der Waals surface area (Å²) in [6.07, 6.45) is 3.36. The van der Waals surface area contributed by atoms with Gasteiger partial charge in [0.2, 0.25) is 0 Å². The lowest BCUT2D eigenvalue weighted by Gasteiger charge is -2.40. The van der Waals surface area contributed by atoms with Gasteiger partial charge >= 0.3 is 20.5 Å². The van der Waals surface area contributed by atoms with Crippen LogP contribution in [0.1, 0.15) is 19.8 Å². The fourth-order valence-electron chi connectivity index (χ4n) is 3.01. The van der Waals surface area contributed by atoms with Crippen molar-refractivity contribution >= 4 is 37.1 Å². The third-order valence-corrected chi connectivity index (χ3v) is 14.8. The molecule has 1 atom stereocenters. The molecule has 0 spiro atoms. The molecule has 1 unspecified atom stereocenters. The third-order valence-electron chi connectivity index (χ3n) is 3.61. The molecule has 0 aliphatic heterocycles. The normalized spacial score (nSPS) is 14.6. The molecule has 0 aliphatic rings. The zero-order chi connectivity index (χ0) is 19.9. The first-order valence-electron chi connectivity index (χ1n) is 8.66. The highest BCUT2D eigenvalue weighted by Crippen LogP contribution is 2.33. The van der Waals surface area contributed by atoms with E-state index in [1.165, 1.54) is 0 Å². The van der Waals surface area contributed by atoms with Crippen molar-refractivity contribution in [2.45, 2.75) is 71.1 Å². The van der Waals surface area contributed by atoms with E-state index in [9.17, 15) is 9.59 Å². The number of carbonyl (C=O) groups excluding carboxylic acids is 1. The number of hydrogen-bond acceptors (Lipinski definition) is 5. The van der Waals surface area contributed by atoms with Gasteiger partial charge in [0.1, 0.15) is 0 Å². The summed E-state index contributed by atoms with van der Waals surface area (Å²) < 4.78 is 17.9. The van der Waals surface area contributed by atoms with Crippen molar-refractivity contribution in [2.24, 2.45) is 0 Å². The van der Waals surface area contributed by atoms with E-state index in [4.69, 9.17) is 18.1 Å². The number of rotatable bonds is 11. The van der Waals surface area contributed by atoms with Crippen molar-refractivity contribution in [3.63, 3.8) is 0 Å². The van der Waals surface area contributed by atoms with E-state index in [0.717, 1.165) is 18.6 Å². The van der Waals surface area contributed by atoms with Crippen LogP contribution in [0.25, 0.3) is 0 Å². The summed E-state index contributed by atoms with van der Waals surface area (Å²) in [7, 11) is -5.88. The second kappa shape index (κ2) is 9.81. The molecule has 0 amide bonds. The summed E-state index contributed by atoms with van der Waals surface area (Å²) in [5.41, 5.74) is 0.334. The highest BCUT2D eigenvalue weighted by molar-refractivity contribution is 6.87. The van der Waals surface area contributed by atoms with Crippen LogP contribution in [0.15, 0.2) is 12.2 Å². The average Bonchev–Trinajstić information content (AvgIpc) is 2.36. The van der Waals surface area contributed by atoms with Gasteiger partial charge in [0.05, 0.1) is 6.61 Å². The number of hydrogen-bond donors (Lipinski definition) is 1. The zero-order valence-corrected chi connectivity index (χ0v) is 19.8. The Morgan fingerprint density at radius 3 is 2.00 bits per heavy atom. The van der Waals surface area contributed by atoms with Crippen LogP contribution in [0, 0.1) is 0 Å². The van der Waals surface area contributed by atoms with Crippen LogP contribution in [-0.4, -0.2) is 48.8 Å². The van der Waals surface area contributed by atoms with Gasteiger partial charge < -0.3 is 18.1 Å². The molecule has 0 aromatic heterocycles. The number of carboxylic acid groups (broad SMARTS) is 1. The molecular weight excluding hydrogens is 372 g/mol. The molecule has 0 radical (unpaired) electrons. The van der Waals surface area contributed by atoms with Crippen LogP contribution >= 0.6 is 0 Å². The van der Waals surface area contributed by atoms with E-state index < -0.39 is 37.1 Å². The smallest absolute Gasteiger partial charge is 0.331 e. The molecule has 0 rings (SSSR count). The van der Waals surface area contributed by atoms with Crippen LogP contribution in [0.3, 0.4) is 0 Å². The van der Waals surface area contributed by atoms with Crippen molar-refractivity contribution in [1.82, 2.24) is 0 Å².